The first-order valence-corrected chi connectivity index (χ1v) is 10.9. The van der Waals surface area contributed by atoms with Gasteiger partial charge in [0.15, 0.2) is 0 Å². The number of carbonyl (C=O) groups is 1. The van der Waals surface area contributed by atoms with E-state index in [1.165, 1.54) is 0 Å². The summed E-state index contributed by atoms with van der Waals surface area (Å²) in [6, 6.07) is 9.86. The third-order valence-electron chi connectivity index (χ3n) is 4.39. The summed E-state index contributed by atoms with van der Waals surface area (Å²) in [7, 11) is -3.71. The van der Waals surface area contributed by atoms with Crippen molar-refractivity contribution in [2.24, 2.45) is 0 Å². The molecule has 0 radical (unpaired) electrons. The van der Waals surface area contributed by atoms with Crippen molar-refractivity contribution in [2.75, 3.05) is 15.9 Å². The number of hydrogen-bond donors (Lipinski definition) is 1. The molecule has 1 atom stereocenters. The number of halogens is 1. The van der Waals surface area contributed by atoms with E-state index in [1.807, 2.05) is 32.0 Å². The number of amides is 1. The van der Waals surface area contributed by atoms with Gasteiger partial charge >= 0.3 is 0 Å². The summed E-state index contributed by atoms with van der Waals surface area (Å²) < 4.78 is 26.3. The first-order valence-electron chi connectivity index (χ1n) is 8.68. The van der Waals surface area contributed by atoms with E-state index in [0.717, 1.165) is 27.3 Å². The van der Waals surface area contributed by atoms with Crippen molar-refractivity contribution in [1.29, 1.82) is 0 Å². The smallest absolute Gasteiger partial charge is 0.248 e. The van der Waals surface area contributed by atoms with Gasteiger partial charge in [-0.1, -0.05) is 36.7 Å². The van der Waals surface area contributed by atoms with E-state index in [2.05, 4.69) is 5.32 Å². The Kier molecular flexibility index (Phi) is 6.54. The number of sulfonamides is 1. The van der Waals surface area contributed by atoms with Crippen LogP contribution < -0.4 is 9.62 Å². The topological polar surface area (TPSA) is 66.5 Å². The molecule has 0 fully saturated rings. The second kappa shape index (κ2) is 8.31. The number of hydrogen-bond acceptors (Lipinski definition) is 3. The highest BCUT2D eigenvalue weighted by molar-refractivity contribution is 7.92. The molecule has 1 N–H and O–H groups in total. The van der Waals surface area contributed by atoms with Crippen LogP contribution >= 0.6 is 11.6 Å². The summed E-state index contributed by atoms with van der Waals surface area (Å²) in [5.74, 6) is -0.379. The van der Waals surface area contributed by atoms with Gasteiger partial charge in [0.05, 0.1) is 11.9 Å². The maximum absolute atomic E-state index is 13.0. The monoisotopic (exact) mass is 408 g/mol. The maximum atomic E-state index is 13.0. The highest BCUT2D eigenvalue weighted by Gasteiger charge is 2.32. The van der Waals surface area contributed by atoms with Crippen LogP contribution in [0, 0.1) is 20.8 Å². The number of nitrogens with zero attached hydrogens (tertiary/aromatic N) is 1. The lowest BCUT2D eigenvalue weighted by atomic mass is 10.1. The molecular weight excluding hydrogens is 384 g/mol. The Morgan fingerprint density at radius 3 is 2.33 bits per heavy atom. The van der Waals surface area contributed by atoms with Gasteiger partial charge in [-0.25, -0.2) is 8.42 Å². The third kappa shape index (κ3) is 5.02. The zero-order valence-electron chi connectivity index (χ0n) is 16.2. The molecule has 1 amide bonds. The summed E-state index contributed by atoms with van der Waals surface area (Å²) in [5, 5.41) is 3.29. The molecule has 0 heterocycles. The molecule has 0 spiro atoms. The molecule has 0 aliphatic rings. The lowest BCUT2D eigenvalue weighted by molar-refractivity contribution is -0.117. The van der Waals surface area contributed by atoms with Gasteiger partial charge < -0.3 is 5.32 Å². The Balaban J connectivity index is 2.48. The van der Waals surface area contributed by atoms with Gasteiger partial charge in [-0.2, -0.15) is 0 Å². The van der Waals surface area contributed by atoms with Gasteiger partial charge in [-0.15, -0.1) is 0 Å². The summed E-state index contributed by atoms with van der Waals surface area (Å²) in [6.45, 7) is 7.40. The number of rotatable bonds is 6. The van der Waals surface area contributed by atoms with E-state index in [4.69, 9.17) is 11.6 Å². The first kappa shape index (κ1) is 21.3. The standard InChI is InChI=1S/C20H25ClN2O3S/c1-6-18(20(24)22-17-11-13(2)7-8-14(17)3)23(27(5,25)26)19-12-16(21)10-9-15(19)4/h7-12,18H,6H2,1-5H3,(H,22,24). The van der Waals surface area contributed by atoms with Crippen LogP contribution in [-0.4, -0.2) is 26.6 Å². The van der Waals surface area contributed by atoms with Crippen molar-refractivity contribution in [3.8, 4) is 0 Å². The number of carbonyl (C=O) groups excluding carboxylic acids is 1. The van der Waals surface area contributed by atoms with E-state index in [1.54, 1.807) is 32.0 Å². The Morgan fingerprint density at radius 2 is 1.74 bits per heavy atom. The number of aryl methyl sites for hydroxylation is 3. The van der Waals surface area contributed by atoms with Crippen LogP contribution in [0.15, 0.2) is 36.4 Å². The van der Waals surface area contributed by atoms with E-state index in [9.17, 15) is 13.2 Å². The fourth-order valence-electron chi connectivity index (χ4n) is 2.94. The van der Waals surface area contributed by atoms with Crippen molar-refractivity contribution in [3.63, 3.8) is 0 Å². The van der Waals surface area contributed by atoms with Crippen LogP contribution in [0.5, 0.6) is 0 Å². The number of benzene rings is 2. The molecule has 0 aliphatic carbocycles. The van der Waals surface area contributed by atoms with E-state index in [0.29, 0.717) is 22.8 Å². The van der Waals surface area contributed by atoms with E-state index < -0.39 is 16.1 Å². The maximum Gasteiger partial charge on any atom is 0.248 e. The molecule has 0 saturated carbocycles. The normalized spacial score (nSPS) is 12.5. The van der Waals surface area contributed by atoms with Crippen molar-refractivity contribution in [1.82, 2.24) is 0 Å². The van der Waals surface area contributed by atoms with Gasteiger partial charge in [-0.3, -0.25) is 9.10 Å². The minimum Gasteiger partial charge on any atom is -0.324 e. The first-order chi connectivity index (χ1) is 12.5. The molecule has 0 saturated heterocycles. The van der Waals surface area contributed by atoms with Gasteiger partial charge in [-0.05, 0) is 62.1 Å². The van der Waals surface area contributed by atoms with Gasteiger partial charge in [0.25, 0.3) is 0 Å². The molecule has 0 aliphatic heterocycles. The van der Waals surface area contributed by atoms with E-state index in [-0.39, 0.29) is 5.91 Å². The summed E-state index contributed by atoms with van der Waals surface area (Å²) >= 11 is 6.08. The molecule has 27 heavy (non-hydrogen) atoms. The van der Waals surface area contributed by atoms with E-state index >= 15 is 0 Å². The van der Waals surface area contributed by atoms with Gasteiger partial charge in [0.1, 0.15) is 6.04 Å². The molecule has 7 heteroatoms. The highest BCUT2D eigenvalue weighted by atomic mass is 35.5. The van der Waals surface area contributed by atoms with Crippen LogP contribution in [-0.2, 0) is 14.8 Å². The quantitative estimate of drug-likeness (QED) is 0.767. The second-order valence-electron chi connectivity index (χ2n) is 6.72. The molecule has 5 nitrogen and oxygen atoms in total. The largest absolute Gasteiger partial charge is 0.324 e. The Labute approximate surface area is 166 Å². The average Bonchev–Trinajstić information content (AvgIpc) is 2.57. The molecule has 2 aromatic rings. The van der Waals surface area contributed by atoms with Crippen molar-refractivity contribution in [2.45, 2.75) is 40.2 Å². The summed E-state index contributed by atoms with van der Waals surface area (Å²) in [5.41, 5.74) is 3.73. The SMILES string of the molecule is CCC(C(=O)Nc1cc(C)ccc1C)N(c1cc(Cl)ccc1C)S(C)(=O)=O. The summed E-state index contributed by atoms with van der Waals surface area (Å²) in [6.07, 6.45) is 1.41. The lowest BCUT2D eigenvalue weighted by Crippen LogP contribution is -2.47. The van der Waals surface area contributed by atoms with Gasteiger partial charge in [0.2, 0.25) is 15.9 Å². The fraction of sp³-hybridized carbons (Fsp3) is 0.350. The minimum atomic E-state index is -3.71. The average molecular weight is 409 g/mol. The number of anilines is 2. The van der Waals surface area contributed by atoms with Crippen LogP contribution in [0.1, 0.15) is 30.0 Å². The fourth-order valence-corrected chi connectivity index (χ4v) is 4.37. The third-order valence-corrected chi connectivity index (χ3v) is 5.79. The minimum absolute atomic E-state index is 0.315. The molecule has 2 rings (SSSR count). The van der Waals surface area contributed by atoms with Crippen LogP contribution in [0.25, 0.3) is 0 Å². The van der Waals surface area contributed by atoms with Crippen LogP contribution in [0.3, 0.4) is 0 Å². The van der Waals surface area contributed by atoms with Crippen molar-refractivity contribution in [3.05, 3.63) is 58.1 Å². The molecule has 146 valence electrons. The highest BCUT2D eigenvalue weighted by Crippen LogP contribution is 2.30. The second-order valence-corrected chi connectivity index (χ2v) is 9.02. The predicted molar refractivity (Wildman–Crippen MR) is 112 cm³/mol. The Morgan fingerprint density at radius 1 is 1.11 bits per heavy atom. The lowest BCUT2D eigenvalue weighted by Gasteiger charge is -2.31. The van der Waals surface area contributed by atoms with Crippen LogP contribution in [0.2, 0.25) is 5.02 Å². The van der Waals surface area contributed by atoms with Crippen molar-refractivity contribution < 1.29 is 13.2 Å². The predicted octanol–water partition coefficient (Wildman–Crippen LogP) is 4.45. The number of nitrogens with one attached hydrogen (secondary N) is 1. The zero-order chi connectivity index (χ0) is 20.4. The summed E-state index contributed by atoms with van der Waals surface area (Å²) in [4.78, 5) is 13.0. The van der Waals surface area contributed by atoms with Crippen LogP contribution in [0.4, 0.5) is 11.4 Å². The molecule has 2 aromatic carbocycles. The Hall–Kier alpha value is -2.05. The molecule has 1 unspecified atom stereocenters. The zero-order valence-corrected chi connectivity index (χ0v) is 17.8. The van der Waals surface area contributed by atoms with Gasteiger partial charge in [0, 0.05) is 10.7 Å². The molecule has 0 bridgehead atoms. The molecule has 0 aromatic heterocycles. The van der Waals surface area contributed by atoms with Crippen molar-refractivity contribution >= 4 is 38.9 Å². The Bertz CT molecular complexity index is 958. The molecular formula is C20H25ClN2O3S.